The van der Waals surface area contributed by atoms with Crippen molar-refractivity contribution in [2.75, 3.05) is 0 Å². The van der Waals surface area contributed by atoms with E-state index in [2.05, 4.69) is 135 Å². The topological polar surface area (TPSA) is 74.6 Å². The van der Waals surface area contributed by atoms with Crippen LogP contribution in [0.3, 0.4) is 0 Å². The molecule has 44 heavy (non-hydrogen) atoms. The molecule has 0 aliphatic rings. The van der Waals surface area contributed by atoms with Crippen molar-refractivity contribution < 1.29 is 19.8 Å². The first kappa shape index (κ1) is 42.5. The average Bonchev–Trinajstić information content (AvgIpc) is 3.00. The first-order valence-electron chi connectivity index (χ1n) is 16.5. The summed E-state index contributed by atoms with van der Waals surface area (Å²) in [7, 11) is 0. The van der Waals surface area contributed by atoms with E-state index in [0.717, 1.165) is 89.9 Å². The second-order valence-corrected chi connectivity index (χ2v) is 9.99. The van der Waals surface area contributed by atoms with E-state index in [1.165, 1.54) is 0 Å². The summed E-state index contributed by atoms with van der Waals surface area (Å²) in [5, 5.41) is 17.0. The minimum atomic E-state index is -0.715. The molecule has 0 bridgehead atoms. The van der Waals surface area contributed by atoms with Gasteiger partial charge in [0.1, 0.15) is 0 Å². The Kier molecular flexibility index (Phi) is 38.0. The SMILES string of the molecule is CC/C=C\C/C=C\C/C=C\C/C=C\C/C=C\CCCC(=O)O.CCC=CCC=CCC=CCC=CCC=CCCCC(=O)O. The minimum absolute atomic E-state index is 0.258. The van der Waals surface area contributed by atoms with Gasteiger partial charge in [0, 0.05) is 12.8 Å². The number of carboxylic acids is 2. The van der Waals surface area contributed by atoms with Gasteiger partial charge in [0.05, 0.1) is 0 Å². The summed E-state index contributed by atoms with van der Waals surface area (Å²) in [6, 6.07) is 0. The zero-order valence-corrected chi connectivity index (χ0v) is 27.6. The maximum Gasteiger partial charge on any atom is 0.303 e. The fourth-order valence-electron chi connectivity index (χ4n) is 3.48. The molecule has 0 saturated carbocycles. The Hall–Kier alpha value is -3.66. The van der Waals surface area contributed by atoms with Crippen LogP contribution in [0.1, 0.15) is 117 Å². The largest absolute Gasteiger partial charge is 0.481 e. The lowest BCUT2D eigenvalue weighted by molar-refractivity contribution is -0.138. The third-order valence-corrected chi connectivity index (χ3v) is 5.84. The molecule has 2 N–H and O–H groups in total. The van der Waals surface area contributed by atoms with Crippen LogP contribution in [0.25, 0.3) is 0 Å². The highest BCUT2D eigenvalue weighted by molar-refractivity contribution is 5.66. The molecule has 0 aliphatic heterocycles. The molecule has 4 heteroatoms. The third-order valence-electron chi connectivity index (χ3n) is 5.84. The molecule has 0 heterocycles. The Bertz CT molecular complexity index is 874. The average molecular weight is 605 g/mol. The Morgan fingerprint density at radius 3 is 0.773 bits per heavy atom. The van der Waals surface area contributed by atoms with E-state index in [-0.39, 0.29) is 12.8 Å². The van der Waals surface area contributed by atoms with Crippen molar-refractivity contribution in [1.29, 1.82) is 0 Å². The number of hydrogen-bond acceptors (Lipinski definition) is 2. The van der Waals surface area contributed by atoms with Crippen molar-refractivity contribution in [3.63, 3.8) is 0 Å². The predicted octanol–water partition coefficient (Wildman–Crippen LogP) is 12.0. The number of carbonyl (C=O) groups is 2. The monoisotopic (exact) mass is 604 g/mol. The lowest BCUT2D eigenvalue weighted by atomic mass is 10.2. The molecule has 0 saturated heterocycles. The standard InChI is InChI=1S/2C20H30O2/c2*1-2-3-4-5-6-7-8-9-10-11-12-13-14-15-16-17-18-19-20(21)22/h2*3-4,6-7,9-10,12-13,15-16H,2,5,8,11,14,17-19H2,1H3,(H,21,22)/b4-3-,7-6-,10-9-,13-12-,16-15-;. The van der Waals surface area contributed by atoms with Gasteiger partial charge >= 0.3 is 11.9 Å². The Balaban J connectivity index is 0. The molecule has 0 radical (unpaired) electrons. The van der Waals surface area contributed by atoms with Gasteiger partial charge in [-0.2, -0.15) is 0 Å². The van der Waals surface area contributed by atoms with Crippen LogP contribution in [-0.4, -0.2) is 22.2 Å². The van der Waals surface area contributed by atoms with Gasteiger partial charge in [0.2, 0.25) is 0 Å². The molecule has 0 aromatic rings. The highest BCUT2D eigenvalue weighted by Crippen LogP contribution is 2.00. The summed E-state index contributed by atoms with van der Waals surface area (Å²) >= 11 is 0. The summed E-state index contributed by atoms with van der Waals surface area (Å²) in [5.74, 6) is -1.43. The second kappa shape index (κ2) is 39.3. The van der Waals surface area contributed by atoms with E-state index in [1.807, 2.05) is 0 Å². The lowest BCUT2D eigenvalue weighted by Crippen LogP contribution is -1.92. The Morgan fingerprint density at radius 2 is 0.568 bits per heavy atom. The van der Waals surface area contributed by atoms with E-state index >= 15 is 0 Å². The van der Waals surface area contributed by atoms with Gasteiger partial charge in [0.25, 0.3) is 0 Å². The quantitative estimate of drug-likeness (QED) is 0.0760. The maximum absolute atomic E-state index is 10.3. The predicted molar refractivity (Wildman–Crippen MR) is 192 cm³/mol. The van der Waals surface area contributed by atoms with Crippen molar-refractivity contribution in [1.82, 2.24) is 0 Å². The Morgan fingerprint density at radius 1 is 0.364 bits per heavy atom. The molecule has 0 fully saturated rings. The first-order valence-corrected chi connectivity index (χ1v) is 16.5. The fourth-order valence-corrected chi connectivity index (χ4v) is 3.48. The van der Waals surface area contributed by atoms with Crippen LogP contribution in [-0.2, 0) is 9.59 Å². The third kappa shape index (κ3) is 45.3. The Labute approximate surface area is 269 Å². The molecule has 0 amide bonds. The molecule has 0 aromatic heterocycles. The molecule has 244 valence electrons. The number of aliphatic carboxylic acids is 2. The number of rotatable bonds is 26. The molecule has 0 aromatic carbocycles. The normalized spacial score (nSPS) is 12.8. The molecule has 0 rings (SSSR count). The summed E-state index contributed by atoms with van der Waals surface area (Å²) in [4.78, 5) is 20.6. The minimum Gasteiger partial charge on any atom is -0.481 e. The van der Waals surface area contributed by atoms with Gasteiger partial charge in [-0.15, -0.1) is 0 Å². The van der Waals surface area contributed by atoms with Gasteiger partial charge in [-0.25, -0.2) is 0 Å². The highest BCUT2D eigenvalue weighted by atomic mass is 16.4. The van der Waals surface area contributed by atoms with Gasteiger partial charge in [0.15, 0.2) is 0 Å². The molecule has 0 spiro atoms. The van der Waals surface area contributed by atoms with Crippen molar-refractivity contribution >= 4 is 11.9 Å². The molecule has 0 unspecified atom stereocenters. The van der Waals surface area contributed by atoms with Crippen LogP contribution >= 0.6 is 0 Å². The van der Waals surface area contributed by atoms with Gasteiger partial charge < -0.3 is 10.2 Å². The van der Waals surface area contributed by atoms with Crippen LogP contribution < -0.4 is 0 Å². The van der Waals surface area contributed by atoms with E-state index in [0.29, 0.717) is 0 Å². The zero-order chi connectivity index (χ0) is 32.6. The zero-order valence-electron chi connectivity index (χ0n) is 27.6. The van der Waals surface area contributed by atoms with E-state index < -0.39 is 11.9 Å². The maximum atomic E-state index is 10.3. The van der Waals surface area contributed by atoms with E-state index in [9.17, 15) is 9.59 Å². The van der Waals surface area contributed by atoms with Crippen LogP contribution in [0.5, 0.6) is 0 Å². The number of carboxylic acid groups (broad SMARTS) is 2. The molecule has 0 aliphatic carbocycles. The summed E-state index contributed by atoms with van der Waals surface area (Å²) < 4.78 is 0. The second-order valence-electron chi connectivity index (χ2n) is 9.99. The highest BCUT2D eigenvalue weighted by Gasteiger charge is 1.93. The van der Waals surface area contributed by atoms with Gasteiger partial charge in [-0.3, -0.25) is 9.59 Å². The molecule has 4 nitrogen and oxygen atoms in total. The van der Waals surface area contributed by atoms with Crippen molar-refractivity contribution in [2.45, 2.75) is 117 Å². The van der Waals surface area contributed by atoms with Crippen LogP contribution in [0.4, 0.5) is 0 Å². The van der Waals surface area contributed by atoms with Crippen LogP contribution in [0.2, 0.25) is 0 Å². The fraction of sp³-hybridized carbons (Fsp3) is 0.450. The van der Waals surface area contributed by atoms with E-state index in [4.69, 9.17) is 10.2 Å². The van der Waals surface area contributed by atoms with Crippen molar-refractivity contribution in [3.05, 3.63) is 122 Å². The van der Waals surface area contributed by atoms with Gasteiger partial charge in [-0.1, -0.05) is 135 Å². The van der Waals surface area contributed by atoms with Crippen molar-refractivity contribution in [3.8, 4) is 0 Å². The van der Waals surface area contributed by atoms with Crippen molar-refractivity contribution in [2.24, 2.45) is 0 Å². The molecule has 0 atom stereocenters. The number of unbranched alkanes of at least 4 members (excludes halogenated alkanes) is 2. The summed E-state index contributed by atoms with van der Waals surface area (Å²) in [5.41, 5.74) is 0. The molecular weight excluding hydrogens is 544 g/mol. The van der Waals surface area contributed by atoms with Crippen LogP contribution in [0, 0.1) is 0 Å². The van der Waals surface area contributed by atoms with Gasteiger partial charge in [-0.05, 0) is 89.9 Å². The van der Waals surface area contributed by atoms with Crippen LogP contribution in [0.15, 0.2) is 122 Å². The molecular formula is C40H60O4. The summed E-state index contributed by atoms with van der Waals surface area (Å²) in [6.07, 6.45) is 56.9. The number of allylic oxidation sites excluding steroid dienone is 20. The lowest BCUT2D eigenvalue weighted by Gasteiger charge is -1.89. The smallest absolute Gasteiger partial charge is 0.303 e. The first-order chi connectivity index (χ1) is 21.5. The van der Waals surface area contributed by atoms with E-state index in [1.54, 1.807) is 0 Å². The number of hydrogen-bond donors (Lipinski definition) is 2. The summed E-state index contributed by atoms with van der Waals surface area (Å²) in [6.45, 7) is 4.29.